The molecule has 82 valence electrons. The fourth-order valence-electron chi connectivity index (χ4n) is 0.690. The van der Waals surface area contributed by atoms with Crippen LogP contribution in [-0.4, -0.2) is 30.1 Å². The first-order chi connectivity index (χ1) is 6.28. The van der Waals surface area contributed by atoms with Gasteiger partial charge in [0.2, 0.25) is 5.91 Å². The van der Waals surface area contributed by atoms with Crippen molar-refractivity contribution in [3.8, 4) is 0 Å². The van der Waals surface area contributed by atoms with Crippen molar-refractivity contribution in [2.75, 3.05) is 6.54 Å². The normalized spacial score (nSPS) is 13.4. The average molecular weight is 203 g/mol. The second-order valence-corrected chi connectivity index (χ2v) is 3.66. The molecule has 0 saturated heterocycles. The molecule has 0 heterocycles. The van der Waals surface area contributed by atoms with Gasteiger partial charge in [0.25, 0.3) is 0 Å². The molecule has 6 N–H and O–H groups in total. The number of primary amides is 1. The summed E-state index contributed by atoms with van der Waals surface area (Å²) in [5.41, 5.74) is 14.8. The standard InChI is InChI=1S/C8H17N3O3/c1-8(2,4-9)14-7(13)5(10)3-6(11)12/h5H,3-4,9-10H2,1-2H3,(H2,11,12)/t5-/m0/s1. The monoisotopic (exact) mass is 203 g/mol. The summed E-state index contributed by atoms with van der Waals surface area (Å²) in [6, 6.07) is -1.02. The fourth-order valence-corrected chi connectivity index (χ4v) is 0.690. The Bertz CT molecular complexity index is 228. The van der Waals surface area contributed by atoms with E-state index in [1.807, 2.05) is 0 Å². The van der Waals surface area contributed by atoms with Gasteiger partial charge in [0.15, 0.2) is 0 Å². The lowest BCUT2D eigenvalue weighted by Crippen LogP contribution is -2.43. The van der Waals surface area contributed by atoms with Gasteiger partial charge in [0.05, 0.1) is 6.42 Å². The molecule has 14 heavy (non-hydrogen) atoms. The van der Waals surface area contributed by atoms with Crippen molar-refractivity contribution < 1.29 is 14.3 Å². The molecule has 0 aromatic carbocycles. The van der Waals surface area contributed by atoms with Crippen molar-refractivity contribution in [1.82, 2.24) is 0 Å². The van der Waals surface area contributed by atoms with Crippen molar-refractivity contribution in [3.05, 3.63) is 0 Å². The van der Waals surface area contributed by atoms with E-state index in [0.29, 0.717) is 0 Å². The number of nitrogens with two attached hydrogens (primary N) is 3. The number of hydrogen-bond acceptors (Lipinski definition) is 5. The van der Waals surface area contributed by atoms with Gasteiger partial charge in [-0.25, -0.2) is 0 Å². The van der Waals surface area contributed by atoms with Crippen LogP contribution in [-0.2, 0) is 14.3 Å². The van der Waals surface area contributed by atoms with E-state index in [-0.39, 0.29) is 13.0 Å². The van der Waals surface area contributed by atoms with Crippen LogP contribution in [0.3, 0.4) is 0 Å². The summed E-state index contributed by atoms with van der Waals surface area (Å²) in [6.45, 7) is 3.49. The largest absolute Gasteiger partial charge is 0.457 e. The van der Waals surface area contributed by atoms with Crippen LogP contribution >= 0.6 is 0 Å². The highest BCUT2D eigenvalue weighted by molar-refractivity contribution is 5.84. The van der Waals surface area contributed by atoms with Crippen molar-refractivity contribution in [3.63, 3.8) is 0 Å². The van der Waals surface area contributed by atoms with E-state index in [2.05, 4.69) is 0 Å². The predicted molar refractivity (Wildman–Crippen MR) is 51.0 cm³/mol. The molecule has 0 aromatic heterocycles. The molecule has 6 nitrogen and oxygen atoms in total. The highest BCUT2D eigenvalue weighted by atomic mass is 16.6. The summed E-state index contributed by atoms with van der Waals surface area (Å²) >= 11 is 0. The maximum absolute atomic E-state index is 11.2. The number of ether oxygens (including phenoxy) is 1. The minimum atomic E-state index is -1.02. The SMILES string of the molecule is CC(C)(CN)OC(=O)[C@@H](N)CC(N)=O. The maximum atomic E-state index is 11.2. The Morgan fingerprint density at radius 1 is 1.43 bits per heavy atom. The Balaban J connectivity index is 4.14. The van der Waals surface area contributed by atoms with E-state index < -0.39 is 23.5 Å². The second-order valence-electron chi connectivity index (χ2n) is 3.66. The van der Waals surface area contributed by atoms with Gasteiger partial charge >= 0.3 is 5.97 Å². The Morgan fingerprint density at radius 3 is 2.29 bits per heavy atom. The molecular formula is C8H17N3O3. The molecule has 0 bridgehead atoms. The third-order valence-electron chi connectivity index (χ3n) is 1.59. The van der Waals surface area contributed by atoms with Gasteiger partial charge in [0.1, 0.15) is 11.6 Å². The van der Waals surface area contributed by atoms with Crippen molar-refractivity contribution in [2.45, 2.75) is 31.9 Å². The molecule has 1 amide bonds. The second kappa shape index (κ2) is 4.92. The lowest BCUT2D eigenvalue weighted by atomic mass is 10.1. The predicted octanol–water partition coefficient (Wildman–Crippen LogP) is -1.53. The zero-order chi connectivity index (χ0) is 11.4. The van der Waals surface area contributed by atoms with Crippen molar-refractivity contribution in [2.24, 2.45) is 17.2 Å². The van der Waals surface area contributed by atoms with Gasteiger partial charge < -0.3 is 21.9 Å². The van der Waals surface area contributed by atoms with E-state index in [1.54, 1.807) is 13.8 Å². The van der Waals surface area contributed by atoms with Crippen LogP contribution in [0.2, 0.25) is 0 Å². The number of rotatable bonds is 5. The molecule has 0 unspecified atom stereocenters. The van der Waals surface area contributed by atoms with Gasteiger partial charge in [-0.2, -0.15) is 0 Å². The average Bonchev–Trinajstić information content (AvgIpc) is 2.02. The molecule has 0 spiro atoms. The molecular weight excluding hydrogens is 186 g/mol. The molecule has 0 aliphatic carbocycles. The zero-order valence-electron chi connectivity index (χ0n) is 8.45. The third kappa shape index (κ3) is 4.78. The number of hydrogen-bond donors (Lipinski definition) is 3. The summed E-state index contributed by atoms with van der Waals surface area (Å²) in [7, 11) is 0. The van der Waals surface area contributed by atoms with E-state index in [1.165, 1.54) is 0 Å². The summed E-state index contributed by atoms with van der Waals surface area (Å²) in [4.78, 5) is 21.7. The summed E-state index contributed by atoms with van der Waals surface area (Å²) < 4.78 is 4.95. The van der Waals surface area contributed by atoms with E-state index in [9.17, 15) is 9.59 Å². The van der Waals surface area contributed by atoms with Gasteiger partial charge in [0, 0.05) is 6.54 Å². The molecule has 0 aliphatic rings. The summed E-state index contributed by atoms with van der Waals surface area (Å²) in [5.74, 6) is -1.31. The highest BCUT2D eigenvalue weighted by Crippen LogP contribution is 2.08. The smallest absolute Gasteiger partial charge is 0.324 e. The van der Waals surface area contributed by atoms with Crippen LogP contribution in [0, 0.1) is 0 Å². The zero-order valence-corrected chi connectivity index (χ0v) is 8.45. The molecule has 0 aliphatic heterocycles. The number of esters is 1. The first-order valence-electron chi connectivity index (χ1n) is 4.25. The van der Waals surface area contributed by atoms with E-state index >= 15 is 0 Å². The highest BCUT2D eigenvalue weighted by Gasteiger charge is 2.25. The lowest BCUT2D eigenvalue weighted by Gasteiger charge is -2.24. The first-order valence-corrected chi connectivity index (χ1v) is 4.25. The first kappa shape index (κ1) is 12.9. The number of amides is 1. The van der Waals surface area contributed by atoms with Gasteiger partial charge in [-0.1, -0.05) is 0 Å². The molecule has 6 heteroatoms. The van der Waals surface area contributed by atoms with Crippen LogP contribution in [0.25, 0.3) is 0 Å². The van der Waals surface area contributed by atoms with E-state index in [0.717, 1.165) is 0 Å². The van der Waals surface area contributed by atoms with Crippen LogP contribution in [0.5, 0.6) is 0 Å². The van der Waals surface area contributed by atoms with Crippen LogP contribution in [0.1, 0.15) is 20.3 Å². The minimum Gasteiger partial charge on any atom is -0.457 e. The molecule has 0 rings (SSSR count). The summed E-state index contributed by atoms with van der Waals surface area (Å²) in [5, 5.41) is 0. The Morgan fingerprint density at radius 2 is 1.93 bits per heavy atom. The Labute approximate surface area is 82.8 Å². The lowest BCUT2D eigenvalue weighted by molar-refractivity contribution is -0.158. The molecule has 0 saturated carbocycles. The fraction of sp³-hybridized carbons (Fsp3) is 0.750. The van der Waals surface area contributed by atoms with Crippen LogP contribution in [0.15, 0.2) is 0 Å². The molecule has 1 atom stereocenters. The molecule has 0 aromatic rings. The van der Waals surface area contributed by atoms with Gasteiger partial charge in [-0.15, -0.1) is 0 Å². The quantitative estimate of drug-likeness (QED) is 0.468. The van der Waals surface area contributed by atoms with Gasteiger partial charge in [-0.05, 0) is 13.8 Å². The summed E-state index contributed by atoms with van der Waals surface area (Å²) in [6.07, 6.45) is -0.223. The number of carbonyl (C=O) groups excluding carboxylic acids is 2. The van der Waals surface area contributed by atoms with Crippen LogP contribution < -0.4 is 17.2 Å². The molecule has 0 fully saturated rings. The minimum absolute atomic E-state index is 0.183. The van der Waals surface area contributed by atoms with Gasteiger partial charge in [-0.3, -0.25) is 9.59 Å². The maximum Gasteiger partial charge on any atom is 0.324 e. The van der Waals surface area contributed by atoms with Crippen molar-refractivity contribution >= 4 is 11.9 Å². The number of carbonyl (C=O) groups is 2. The molecule has 0 radical (unpaired) electrons. The van der Waals surface area contributed by atoms with E-state index in [4.69, 9.17) is 21.9 Å². The Hall–Kier alpha value is -1.14. The Kier molecular flexibility index (Phi) is 4.52. The topological polar surface area (TPSA) is 121 Å². The third-order valence-corrected chi connectivity index (χ3v) is 1.59. The van der Waals surface area contributed by atoms with Crippen LogP contribution in [0.4, 0.5) is 0 Å². The van der Waals surface area contributed by atoms with Crippen molar-refractivity contribution in [1.29, 1.82) is 0 Å².